The van der Waals surface area contributed by atoms with Gasteiger partial charge in [0, 0.05) is 34.8 Å². The zero-order valence-electron chi connectivity index (χ0n) is 21.0. The lowest BCUT2D eigenvalue weighted by Gasteiger charge is -2.37. The number of aryl methyl sites for hydroxylation is 1. The zero-order chi connectivity index (χ0) is 24.8. The summed E-state index contributed by atoms with van der Waals surface area (Å²) in [7, 11) is 0. The molecule has 7 heteroatoms. The van der Waals surface area contributed by atoms with E-state index in [1.54, 1.807) is 11.0 Å². The summed E-state index contributed by atoms with van der Waals surface area (Å²) in [4.78, 5) is 14.9. The number of hydrogen-bond donors (Lipinski definition) is 1. The molecule has 1 aliphatic carbocycles. The molecule has 3 aromatic rings. The van der Waals surface area contributed by atoms with Crippen molar-refractivity contribution >= 4 is 11.6 Å². The summed E-state index contributed by atoms with van der Waals surface area (Å²) in [6.45, 7) is 5.98. The van der Waals surface area contributed by atoms with Gasteiger partial charge in [-0.3, -0.25) is 9.48 Å². The Morgan fingerprint density at radius 3 is 2.69 bits per heavy atom. The number of anilines is 1. The first-order valence-electron chi connectivity index (χ1n) is 13.2. The third-order valence-electron chi connectivity index (χ3n) is 7.76. The summed E-state index contributed by atoms with van der Waals surface area (Å²) < 4.78 is 24.5. The third kappa shape index (κ3) is 4.30. The first-order chi connectivity index (χ1) is 17.5. The van der Waals surface area contributed by atoms with Crippen LogP contribution < -0.4 is 15.0 Å². The van der Waals surface area contributed by atoms with Gasteiger partial charge in [0.05, 0.1) is 17.9 Å². The van der Waals surface area contributed by atoms with Crippen molar-refractivity contribution in [3.05, 3.63) is 59.7 Å². The van der Waals surface area contributed by atoms with Crippen molar-refractivity contribution < 1.29 is 13.9 Å². The highest BCUT2D eigenvalue weighted by molar-refractivity contribution is 5.99. The van der Waals surface area contributed by atoms with Crippen molar-refractivity contribution in [2.45, 2.75) is 64.5 Å². The van der Waals surface area contributed by atoms with Crippen LogP contribution >= 0.6 is 0 Å². The van der Waals surface area contributed by atoms with Crippen LogP contribution in [-0.4, -0.2) is 34.8 Å². The lowest BCUT2D eigenvalue weighted by molar-refractivity contribution is -0.120. The number of amides is 1. The van der Waals surface area contributed by atoms with Crippen LogP contribution in [0.1, 0.15) is 56.2 Å². The van der Waals surface area contributed by atoms with Crippen LogP contribution in [0.5, 0.6) is 11.5 Å². The first-order valence-corrected chi connectivity index (χ1v) is 13.2. The van der Waals surface area contributed by atoms with Gasteiger partial charge in [0.2, 0.25) is 5.91 Å². The smallest absolute Gasteiger partial charge is 0.230 e. The maximum atomic E-state index is 15.9. The molecule has 1 saturated carbocycles. The number of ether oxygens (including phenoxy) is 1. The van der Waals surface area contributed by atoms with E-state index in [1.807, 2.05) is 55.2 Å². The van der Waals surface area contributed by atoms with Crippen LogP contribution in [0, 0.1) is 18.7 Å². The summed E-state index contributed by atoms with van der Waals surface area (Å²) >= 11 is 0. The number of carbonyl (C=O) groups is 1. The normalized spacial score (nSPS) is 20.3. The molecule has 2 aliphatic heterocycles. The molecule has 0 bridgehead atoms. The average molecular weight is 489 g/mol. The molecule has 0 unspecified atom stereocenters. The minimum Gasteiger partial charge on any atom is -0.456 e. The molecule has 188 valence electrons. The summed E-state index contributed by atoms with van der Waals surface area (Å²) in [6.07, 6.45) is 9.06. The molecule has 3 aliphatic rings. The van der Waals surface area contributed by atoms with Gasteiger partial charge < -0.3 is 15.0 Å². The van der Waals surface area contributed by atoms with Crippen molar-refractivity contribution in [2.75, 3.05) is 18.0 Å². The lowest BCUT2D eigenvalue weighted by Crippen LogP contribution is -2.43. The number of rotatable bonds is 5. The van der Waals surface area contributed by atoms with Gasteiger partial charge in [-0.2, -0.15) is 5.10 Å². The molecule has 36 heavy (non-hydrogen) atoms. The quantitative estimate of drug-likeness (QED) is 0.494. The minimum absolute atomic E-state index is 0.0156. The molecule has 3 heterocycles. The molecule has 0 spiro atoms. The zero-order valence-corrected chi connectivity index (χ0v) is 21.0. The van der Waals surface area contributed by atoms with Gasteiger partial charge in [0.25, 0.3) is 0 Å². The Bertz CT molecular complexity index is 1290. The fourth-order valence-electron chi connectivity index (χ4n) is 5.60. The largest absolute Gasteiger partial charge is 0.456 e. The van der Waals surface area contributed by atoms with Crippen LogP contribution in [0.15, 0.2) is 42.7 Å². The topological polar surface area (TPSA) is 59.4 Å². The number of hydrogen-bond acceptors (Lipinski definition) is 4. The highest BCUT2D eigenvalue weighted by atomic mass is 19.1. The number of carbonyl (C=O) groups excluding carboxylic acids is 1. The third-order valence-corrected chi connectivity index (χ3v) is 7.76. The Morgan fingerprint density at radius 2 is 1.94 bits per heavy atom. The molecule has 1 aromatic heterocycles. The molecule has 0 radical (unpaired) electrons. The van der Waals surface area contributed by atoms with Crippen molar-refractivity contribution in [3.63, 3.8) is 0 Å². The fourth-order valence-corrected chi connectivity index (χ4v) is 5.60. The summed E-state index contributed by atoms with van der Waals surface area (Å²) in [5.41, 5.74) is 3.76. The van der Waals surface area contributed by atoms with Gasteiger partial charge in [-0.25, -0.2) is 4.39 Å². The highest BCUT2D eigenvalue weighted by Crippen LogP contribution is 2.48. The minimum atomic E-state index is -0.369. The van der Waals surface area contributed by atoms with Crippen LogP contribution in [-0.2, 0) is 11.2 Å². The van der Waals surface area contributed by atoms with Crippen LogP contribution in [0.3, 0.4) is 0 Å². The average Bonchev–Trinajstić information content (AvgIpc) is 3.62. The van der Waals surface area contributed by atoms with Gasteiger partial charge in [-0.05, 0) is 89.2 Å². The SMILES string of the molecule is Cc1cccc(Oc2c(-c3cnn(C4CCNCC4)c3)cc(F)c3c2CC[C@H](C)N3C(=O)C2CC2)c1. The Balaban J connectivity index is 1.48. The molecular formula is C29H33FN4O2. The van der Waals surface area contributed by atoms with E-state index in [9.17, 15) is 4.79 Å². The van der Waals surface area contributed by atoms with Gasteiger partial charge in [-0.1, -0.05) is 12.1 Å². The van der Waals surface area contributed by atoms with E-state index in [0.717, 1.165) is 61.9 Å². The summed E-state index contributed by atoms with van der Waals surface area (Å²) in [5.74, 6) is 1.01. The van der Waals surface area contributed by atoms with E-state index >= 15 is 4.39 Å². The monoisotopic (exact) mass is 488 g/mol. The number of nitrogens with zero attached hydrogens (tertiary/aromatic N) is 3. The number of fused-ring (bicyclic) bond motifs is 1. The summed E-state index contributed by atoms with van der Waals surface area (Å²) in [6, 6.07) is 9.71. The van der Waals surface area contributed by atoms with E-state index in [4.69, 9.17) is 4.74 Å². The number of halogens is 1. The molecule has 2 aromatic carbocycles. The summed E-state index contributed by atoms with van der Waals surface area (Å²) in [5, 5.41) is 8.04. The van der Waals surface area contributed by atoms with Crippen molar-refractivity contribution in [3.8, 4) is 22.6 Å². The van der Waals surface area contributed by atoms with E-state index in [1.165, 1.54) is 0 Å². The Labute approximate surface area is 211 Å². The predicted molar refractivity (Wildman–Crippen MR) is 138 cm³/mol. The maximum Gasteiger partial charge on any atom is 0.230 e. The van der Waals surface area contributed by atoms with Gasteiger partial charge in [0.15, 0.2) is 0 Å². The molecule has 1 saturated heterocycles. The second kappa shape index (κ2) is 9.36. The molecule has 6 nitrogen and oxygen atoms in total. The molecule has 1 atom stereocenters. The Kier molecular flexibility index (Phi) is 6.04. The van der Waals surface area contributed by atoms with E-state index in [0.29, 0.717) is 35.2 Å². The van der Waals surface area contributed by atoms with Gasteiger partial charge in [-0.15, -0.1) is 0 Å². The molecular weight excluding hydrogens is 455 g/mol. The van der Waals surface area contributed by atoms with Crippen molar-refractivity contribution in [1.29, 1.82) is 0 Å². The second-order valence-corrected chi connectivity index (χ2v) is 10.5. The fraction of sp³-hybridized carbons (Fsp3) is 0.448. The van der Waals surface area contributed by atoms with E-state index in [-0.39, 0.29) is 23.7 Å². The number of piperidine rings is 1. The predicted octanol–water partition coefficient (Wildman–Crippen LogP) is 5.79. The second-order valence-electron chi connectivity index (χ2n) is 10.5. The molecule has 2 fully saturated rings. The van der Waals surface area contributed by atoms with Crippen molar-refractivity contribution in [2.24, 2.45) is 5.92 Å². The van der Waals surface area contributed by atoms with Gasteiger partial charge >= 0.3 is 0 Å². The highest BCUT2D eigenvalue weighted by Gasteiger charge is 2.41. The number of aromatic nitrogens is 2. The lowest BCUT2D eigenvalue weighted by atomic mass is 9.91. The maximum absolute atomic E-state index is 15.9. The van der Waals surface area contributed by atoms with Gasteiger partial charge in [0.1, 0.15) is 17.3 Å². The standard InChI is InChI=1S/C29H33FN4O2/c1-18-4-3-5-23(14-18)36-28-24-9-6-19(2)34(29(35)20-7-8-20)27(24)26(30)15-25(28)21-16-32-33(17-21)22-10-12-31-13-11-22/h3-5,14-17,19-20,22,31H,6-13H2,1-2H3/t19-/m0/s1. The van der Waals surface area contributed by atoms with E-state index < -0.39 is 0 Å². The van der Waals surface area contributed by atoms with Crippen LogP contribution in [0.4, 0.5) is 10.1 Å². The first kappa shape index (κ1) is 23.2. The Hall–Kier alpha value is -3.19. The molecule has 1 N–H and O–H groups in total. The van der Waals surface area contributed by atoms with Crippen LogP contribution in [0.2, 0.25) is 0 Å². The van der Waals surface area contributed by atoms with Crippen LogP contribution in [0.25, 0.3) is 11.1 Å². The number of nitrogens with one attached hydrogen (secondary N) is 1. The van der Waals surface area contributed by atoms with Crippen molar-refractivity contribution in [1.82, 2.24) is 15.1 Å². The molecule has 1 amide bonds. The Morgan fingerprint density at radius 1 is 1.14 bits per heavy atom. The molecule has 6 rings (SSSR count). The number of benzene rings is 2. The van der Waals surface area contributed by atoms with E-state index in [2.05, 4.69) is 10.4 Å².